The van der Waals surface area contributed by atoms with Crippen molar-refractivity contribution in [3.63, 3.8) is 0 Å². The minimum atomic E-state index is -1.44. The van der Waals surface area contributed by atoms with Crippen molar-refractivity contribution in [3.05, 3.63) is 47.2 Å². The van der Waals surface area contributed by atoms with Gasteiger partial charge < -0.3 is 0 Å². The van der Waals surface area contributed by atoms with E-state index in [0.29, 0.717) is 5.92 Å². The van der Waals surface area contributed by atoms with E-state index in [2.05, 4.69) is 103 Å². The van der Waals surface area contributed by atoms with Crippen molar-refractivity contribution >= 4 is 13.3 Å². The van der Waals surface area contributed by atoms with E-state index in [9.17, 15) is 0 Å². The first-order valence-electron chi connectivity index (χ1n) is 10.6. The second kappa shape index (κ2) is 7.91. The van der Waals surface area contributed by atoms with Crippen molar-refractivity contribution in [1.82, 2.24) is 0 Å². The number of pyridine rings is 1. The van der Waals surface area contributed by atoms with Crippen LogP contribution in [0.15, 0.2) is 30.5 Å². The molecule has 27 heavy (non-hydrogen) atoms. The molecule has 2 aromatic rings. The van der Waals surface area contributed by atoms with E-state index >= 15 is 0 Å². The molecule has 2 heteroatoms. The summed E-state index contributed by atoms with van der Waals surface area (Å²) < 4.78 is 2.37. The zero-order chi connectivity index (χ0) is 20.6. The summed E-state index contributed by atoms with van der Waals surface area (Å²) in [4.78, 5) is 0. The van der Waals surface area contributed by atoms with Crippen molar-refractivity contribution < 1.29 is 4.57 Å². The highest BCUT2D eigenvalue weighted by Crippen LogP contribution is 2.30. The van der Waals surface area contributed by atoms with Crippen molar-refractivity contribution in [3.8, 4) is 11.3 Å². The summed E-state index contributed by atoms with van der Waals surface area (Å²) in [6.45, 7) is 21.2. The van der Waals surface area contributed by atoms with Crippen molar-refractivity contribution in [2.24, 2.45) is 7.05 Å². The van der Waals surface area contributed by atoms with Crippen LogP contribution in [0.4, 0.5) is 0 Å². The Bertz CT molecular complexity index is 802. The Hall–Kier alpha value is -1.41. The third-order valence-corrected chi connectivity index (χ3v) is 7.97. The normalized spacial score (nSPS) is 12.7. The van der Waals surface area contributed by atoms with Crippen LogP contribution in [0, 0.1) is 6.92 Å². The van der Waals surface area contributed by atoms with Gasteiger partial charge in [-0.3, -0.25) is 0 Å². The molecule has 2 rings (SSSR count). The average Bonchev–Trinajstić information content (AvgIpc) is 2.54. The molecular formula is C25H40NSi+. The topological polar surface area (TPSA) is 3.88 Å². The lowest BCUT2D eigenvalue weighted by atomic mass is 9.84. The first kappa shape index (κ1) is 21.9. The van der Waals surface area contributed by atoms with Crippen LogP contribution in [-0.4, -0.2) is 8.07 Å². The summed E-state index contributed by atoms with van der Waals surface area (Å²) >= 11 is 0. The standard InChI is InChI=1S/C25H40NSi/c1-11-19(12-2)22-17-26(7)23(16-24(22)27(8,9)10)21-15-20(25(4,5)6)14-13-18(21)3/h13-17,19H,11-12H2,1-10H3/q+1. The Kier molecular flexibility index (Phi) is 6.41. The Labute approximate surface area is 168 Å². The van der Waals surface area contributed by atoms with Gasteiger partial charge in [-0.1, -0.05) is 66.4 Å². The number of hydrogen-bond donors (Lipinski definition) is 0. The fraction of sp³-hybridized carbons (Fsp3) is 0.560. The predicted molar refractivity (Wildman–Crippen MR) is 123 cm³/mol. The average molecular weight is 383 g/mol. The smallest absolute Gasteiger partial charge is 0.201 e. The Morgan fingerprint density at radius 3 is 2.07 bits per heavy atom. The van der Waals surface area contributed by atoms with E-state index in [1.54, 1.807) is 10.8 Å². The zero-order valence-electron chi connectivity index (χ0n) is 19.3. The lowest BCUT2D eigenvalue weighted by Gasteiger charge is -2.25. The fourth-order valence-corrected chi connectivity index (χ4v) is 5.71. The van der Waals surface area contributed by atoms with Gasteiger partial charge >= 0.3 is 0 Å². The van der Waals surface area contributed by atoms with E-state index in [1.165, 1.54) is 35.2 Å². The lowest BCUT2D eigenvalue weighted by Crippen LogP contribution is -2.45. The molecule has 0 fully saturated rings. The zero-order valence-corrected chi connectivity index (χ0v) is 20.3. The summed E-state index contributed by atoms with van der Waals surface area (Å²) in [6.07, 6.45) is 4.86. The van der Waals surface area contributed by atoms with Gasteiger partial charge in [0.05, 0.1) is 8.07 Å². The highest BCUT2D eigenvalue weighted by atomic mass is 28.3. The van der Waals surface area contributed by atoms with Crippen LogP contribution >= 0.6 is 0 Å². The second-order valence-corrected chi connectivity index (χ2v) is 15.2. The number of rotatable bonds is 5. The molecule has 0 atom stereocenters. The molecule has 0 amide bonds. The largest absolute Gasteiger partial charge is 0.212 e. The van der Waals surface area contributed by atoms with Gasteiger partial charge in [0.25, 0.3) is 0 Å². The van der Waals surface area contributed by atoms with Crippen LogP contribution in [0.25, 0.3) is 11.3 Å². The summed E-state index contributed by atoms with van der Waals surface area (Å²) in [5.41, 5.74) is 7.23. The van der Waals surface area contributed by atoms with Gasteiger partial charge in [0, 0.05) is 17.2 Å². The molecule has 1 heterocycles. The van der Waals surface area contributed by atoms with E-state index in [0.717, 1.165) is 0 Å². The highest BCUT2D eigenvalue weighted by molar-refractivity contribution is 6.89. The number of hydrogen-bond acceptors (Lipinski definition) is 0. The molecule has 0 saturated heterocycles. The van der Waals surface area contributed by atoms with Crippen LogP contribution in [0.3, 0.4) is 0 Å². The van der Waals surface area contributed by atoms with Gasteiger partial charge in [-0.25, -0.2) is 4.57 Å². The van der Waals surface area contributed by atoms with Crippen LogP contribution in [-0.2, 0) is 12.5 Å². The molecule has 0 aliphatic rings. The summed E-state index contributed by atoms with van der Waals surface area (Å²) in [6, 6.07) is 9.51. The van der Waals surface area contributed by atoms with E-state index in [1.807, 2.05) is 0 Å². The molecule has 148 valence electrons. The number of aryl methyl sites for hydroxylation is 2. The minimum Gasteiger partial charge on any atom is -0.201 e. The molecule has 1 nitrogen and oxygen atoms in total. The van der Waals surface area contributed by atoms with Crippen LogP contribution in [0.1, 0.15) is 70.1 Å². The van der Waals surface area contributed by atoms with Crippen molar-refractivity contribution in [2.75, 3.05) is 0 Å². The Morgan fingerprint density at radius 1 is 1.00 bits per heavy atom. The SMILES string of the molecule is CCC(CC)c1c[n+](C)c(-c2cc(C(C)(C)C)ccc2C)cc1[Si](C)(C)C. The van der Waals surface area contributed by atoms with Crippen molar-refractivity contribution in [2.45, 2.75) is 85.4 Å². The molecule has 1 aromatic carbocycles. The first-order chi connectivity index (χ1) is 12.4. The van der Waals surface area contributed by atoms with Gasteiger partial charge in [-0.05, 0) is 53.5 Å². The van der Waals surface area contributed by atoms with Crippen LogP contribution in [0.2, 0.25) is 19.6 Å². The molecular weight excluding hydrogens is 342 g/mol. The summed E-state index contributed by atoms with van der Waals surface area (Å²) in [5, 5.41) is 1.63. The second-order valence-electron chi connectivity index (χ2n) is 10.2. The summed E-state index contributed by atoms with van der Waals surface area (Å²) in [7, 11) is 0.779. The molecule has 0 bridgehead atoms. The molecule has 0 N–H and O–H groups in total. The van der Waals surface area contributed by atoms with Crippen LogP contribution < -0.4 is 9.75 Å². The van der Waals surface area contributed by atoms with Gasteiger partial charge in [-0.15, -0.1) is 0 Å². The highest BCUT2D eigenvalue weighted by Gasteiger charge is 2.29. The minimum absolute atomic E-state index is 0.165. The maximum atomic E-state index is 2.52. The third kappa shape index (κ3) is 4.71. The molecule has 0 saturated carbocycles. The van der Waals surface area contributed by atoms with E-state index in [-0.39, 0.29) is 5.41 Å². The van der Waals surface area contributed by atoms with Gasteiger partial charge in [0.1, 0.15) is 7.05 Å². The maximum absolute atomic E-state index is 2.52. The lowest BCUT2D eigenvalue weighted by molar-refractivity contribution is -0.660. The maximum Gasteiger partial charge on any atom is 0.212 e. The van der Waals surface area contributed by atoms with Gasteiger partial charge in [0.2, 0.25) is 5.69 Å². The van der Waals surface area contributed by atoms with Crippen LogP contribution in [0.5, 0.6) is 0 Å². The predicted octanol–water partition coefficient (Wildman–Crippen LogP) is 6.23. The number of benzene rings is 1. The fourth-order valence-electron chi connectivity index (χ4n) is 4.01. The molecule has 0 aliphatic heterocycles. The molecule has 0 unspecified atom stereocenters. The molecule has 0 spiro atoms. The number of nitrogens with zero attached hydrogens (tertiary/aromatic N) is 1. The monoisotopic (exact) mass is 382 g/mol. The van der Waals surface area contributed by atoms with Gasteiger partial charge in [0.15, 0.2) is 6.20 Å². The molecule has 0 aliphatic carbocycles. The van der Waals surface area contributed by atoms with Crippen molar-refractivity contribution in [1.29, 1.82) is 0 Å². The quantitative estimate of drug-likeness (QED) is 0.426. The molecule has 0 radical (unpaired) electrons. The van der Waals surface area contributed by atoms with E-state index in [4.69, 9.17) is 0 Å². The van der Waals surface area contributed by atoms with E-state index < -0.39 is 8.07 Å². The number of aromatic nitrogens is 1. The Balaban J connectivity index is 2.76. The van der Waals surface area contributed by atoms with Gasteiger partial charge in [-0.2, -0.15) is 0 Å². The summed E-state index contributed by atoms with van der Waals surface area (Å²) in [5.74, 6) is 0.661. The molecule has 1 aromatic heterocycles. The third-order valence-electron chi connectivity index (χ3n) is 5.92. The Morgan fingerprint density at radius 2 is 1.59 bits per heavy atom. The first-order valence-corrected chi connectivity index (χ1v) is 14.1.